The molecule has 4 aliphatic rings. The fourth-order valence-electron chi connectivity index (χ4n) is 8.40. The molecule has 3 heteroatoms. The number of nitrogens with zero attached hydrogens (tertiary/aromatic N) is 1. The van der Waals surface area contributed by atoms with Crippen LogP contribution in [0.5, 0.6) is 0 Å². The number of allylic oxidation sites excluding steroid dienone is 1. The Kier molecular flexibility index (Phi) is 4.72. The molecule has 4 aliphatic carbocycles. The van der Waals surface area contributed by atoms with Crippen molar-refractivity contribution in [1.82, 2.24) is 0 Å². The van der Waals surface area contributed by atoms with Gasteiger partial charge in [0, 0.05) is 5.41 Å². The van der Waals surface area contributed by atoms with Crippen molar-refractivity contribution in [3.05, 3.63) is 17.6 Å². The molecule has 0 bridgehead atoms. The van der Waals surface area contributed by atoms with Gasteiger partial charge in [0.05, 0.1) is 0 Å². The van der Waals surface area contributed by atoms with Crippen molar-refractivity contribution >= 4 is 0 Å². The molecule has 146 valence electrons. The summed E-state index contributed by atoms with van der Waals surface area (Å²) in [7, 11) is 0. The van der Waals surface area contributed by atoms with Crippen LogP contribution in [0.4, 0.5) is 0 Å². The first-order valence-corrected chi connectivity index (χ1v) is 11.1. The molecule has 0 radical (unpaired) electrons. The van der Waals surface area contributed by atoms with Crippen molar-refractivity contribution in [2.45, 2.75) is 96.5 Å². The second-order valence-corrected chi connectivity index (χ2v) is 10.4. The standard InChI is InChI=1S/C23H37NO2/c1-4-5-14-23(26-24-25)16-12-20-18-10-9-17-8-6-7-13-21(17,2)19(18)11-15-22(20,23)3/h4,17-20H,1,5-16H2,2-3H3/t17-,18-,19+,20+,21+,22+,23+/m1/s1. The molecule has 7 atom stereocenters. The Morgan fingerprint density at radius 2 is 1.85 bits per heavy atom. The number of rotatable bonds is 5. The average molecular weight is 360 g/mol. The van der Waals surface area contributed by atoms with Crippen molar-refractivity contribution < 1.29 is 4.84 Å². The zero-order valence-corrected chi connectivity index (χ0v) is 16.8. The van der Waals surface area contributed by atoms with Gasteiger partial charge in [-0.05, 0) is 93.3 Å². The van der Waals surface area contributed by atoms with Gasteiger partial charge in [-0.25, -0.2) is 0 Å². The van der Waals surface area contributed by atoms with E-state index in [1.165, 1.54) is 57.8 Å². The minimum absolute atomic E-state index is 0.100. The van der Waals surface area contributed by atoms with Gasteiger partial charge in [0.25, 0.3) is 0 Å². The first kappa shape index (κ1) is 18.5. The molecular formula is C23H37NO2. The zero-order chi connectivity index (χ0) is 18.4. The summed E-state index contributed by atoms with van der Waals surface area (Å²) in [6, 6.07) is 0. The lowest BCUT2D eigenvalue weighted by atomic mass is 9.44. The van der Waals surface area contributed by atoms with E-state index in [9.17, 15) is 4.91 Å². The second-order valence-electron chi connectivity index (χ2n) is 10.4. The van der Waals surface area contributed by atoms with E-state index >= 15 is 0 Å². The van der Waals surface area contributed by atoms with Gasteiger partial charge >= 0.3 is 0 Å². The Labute approximate surface area is 159 Å². The van der Waals surface area contributed by atoms with E-state index in [2.05, 4.69) is 25.8 Å². The van der Waals surface area contributed by atoms with Crippen LogP contribution in [0.15, 0.2) is 18.0 Å². The van der Waals surface area contributed by atoms with E-state index in [4.69, 9.17) is 4.84 Å². The summed E-state index contributed by atoms with van der Waals surface area (Å²) in [4.78, 5) is 16.9. The molecule has 26 heavy (non-hydrogen) atoms. The van der Waals surface area contributed by atoms with Crippen LogP contribution in [0.25, 0.3) is 0 Å². The largest absolute Gasteiger partial charge is 0.357 e. The SMILES string of the molecule is C=CCC[C@]1(ON=O)CC[C@H]2[C@@H]3CC[C@H]4CCCC[C@]4(C)[C@H]3CC[C@@]21C. The summed E-state index contributed by atoms with van der Waals surface area (Å²) in [6.07, 6.45) is 17.1. The van der Waals surface area contributed by atoms with Crippen molar-refractivity contribution in [1.29, 1.82) is 0 Å². The molecule has 0 spiro atoms. The van der Waals surface area contributed by atoms with E-state index in [0.29, 0.717) is 11.3 Å². The third kappa shape index (κ3) is 2.44. The third-order valence-corrected chi connectivity index (χ3v) is 9.84. The molecule has 0 aromatic rings. The Hall–Kier alpha value is -0.860. The summed E-state index contributed by atoms with van der Waals surface area (Å²) in [5.41, 5.74) is 0.310. The number of hydrogen-bond acceptors (Lipinski definition) is 3. The van der Waals surface area contributed by atoms with Crippen LogP contribution in [0.3, 0.4) is 0 Å². The maximum absolute atomic E-state index is 11.2. The molecule has 4 saturated carbocycles. The quantitative estimate of drug-likeness (QED) is 0.307. The topological polar surface area (TPSA) is 38.7 Å². The third-order valence-electron chi connectivity index (χ3n) is 9.84. The van der Waals surface area contributed by atoms with Gasteiger partial charge in [0.15, 0.2) is 5.34 Å². The monoisotopic (exact) mass is 359 g/mol. The summed E-state index contributed by atoms with van der Waals surface area (Å²) in [5.74, 6) is 3.38. The predicted octanol–water partition coefficient (Wildman–Crippen LogP) is 6.82. The highest BCUT2D eigenvalue weighted by atomic mass is 16.7. The lowest BCUT2D eigenvalue weighted by molar-refractivity contribution is -0.176. The second kappa shape index (κ2) is 6.63. The van der Waals surface area contributed by atoms with E-state index in [-0.39, 0.29) is 11.0 Å². The van der Waals surface area contributed by atoms with E-state index in [1.54, 1.807) is 0 Å². The summed E-state index contributed by atoms with van der Waals surface area (Å²) >= 11 is 0. The molecule has 0 aliphatic heterocycles. The molecular weight excluding hydrogens is 322 g/mol. The van der Waals surface area contributed by atoms with Gasteiger partial charge < -0.3 is 4.84 Å². The minimum atomic E-state index is -0.358. The molecule has 3 nitrogen and oxygen atoms in total. The van der Waals surface area contributed by atoms with Crippen LogP contribution in [0, 0.1) is 39.4 Å². The maximum Gasteiger partial charge on any atom is 0.155 e. The molecule has 0 amide bonds. The van der Waals surface area contributed by atoms with Crippen LogP contribution in [-0.2, 0) is 4.84 Å². The molecule has 0 aromatic heterocycles. The van der Waals surface area contributed by atoms with Crippen molar-refractivity contribution in [2.24, 2.45) is 39.8 Å². The van der Waals surface area contributed by atoms with Gasteiger partial charge in [0.2, 0.25) is 0 Å². The van der Waals surface area contributed by atoms with Gasteiger partial charge in [0.1, 0.15) is 5.60 Å². The predicted molar refractivity (Wildman–Crippen MR) is 105 cm³/mol. The Bertz CT molecular complexity index is 562. The lowest BCUT2D eigenvalue weighted by Crippen LogP contribution is -2.56. The number of fused-ring (bicyclic) bond motifs is 5. The van der Waals surface area contributed by atoms with Crippen molar-refractivity contribution in [3.63, 3.8) is 0 Å². The minimum Gasteiger partial charge on any atom is -0.357 e. The summed E-state index contributed by atoms with van der Waals surface area (Å²) < 4.78 is 0. The Balaban J connectivity index is 1.63. The fraction of sp³-hybridized carbons (Fsp3) is 0.913. The number of hydrogen-bond donors (Lipinski definition) is 0. The van der Waals surface area contributed by atoms with Crippen LogP contribution in [0.1, 0.15) is 90.9 Å². The molecule has 0 unspecified atom stereocenters. The first-order valence-electron chi connectivity index (χ1n) is 11.1. The molecule has 0 aromatic carbocycles. The summed E-state index contributed by atoms with van der Waals surface area (Å²) in [5, 5.41) is 2.98. The molecule has 0 N–H and O–H groups in total. The van der Waals surface area contributed by atoms with Crippen LogP contribution >= 0.6 is 0 Å². The Morgan fingerprint density at radius 1 is 1.04 bits per heavy atom. The summed E-state index contributed by atoms with van der Waals surface area (Å²) in [6.45, 7) is 8.94. The molecule has 4 rings (SSSR count). The van der Waals surface area contributed by atoms with Crippen molar-refractivity contribution in [3.8, 4) is 0 Å². The van der Waals surface area contributed by atoms with Crippen molar-refractivity contribution in [2.75, 3.05) is 0 Å². The highest BCUT2D eigenvalue weighted by Gasteiger charge is 2.66. The zero-order valence-electron chi connectivity index (χ0n) is 16.8. The maximum atomic E-state index is 11.2. The molecule has 4 fully saturated rings. The fourth-order valence-corrected chi connectivity index (χ4v) is 8.40. The lowest BCUT2D eigenvalue weighted by Gasteiger charge is -2.61. The van der Waals surface area contributed by atoms with Crippen LogP contribution < -0.4 is 0 Å². The van der Waals surface area contributed by atoms with E-state index in [0.717, 1.165) is 37.0 Å². The normalized spacial score (nSPS) is 50.2. The first-order chi connectivity index (χ1) is 12.5. The van der Waals surface area contributed by atoms with Gasteiger partial charge in [-0.15, -0.1) is 11.5 Å². The van der Waals surface area contributed by atoms with Gasteiger partial charge in [-0.1, -0.05) is 32.8 Å². The van der Waals surface area contributed by atoms with Crippen LogP contribution in [0.2, 0.25) is 0 Å². The van der Waals surface area contributed by atoms with Crippen LogP contribution in [-0.4, -0.2) is 5.60 Å². The van der Waals surface area contributed by atoms with Gasteiger partial charge in [-0.2, -0.15) is 0 Å². The smallest absolute Gasteiger partial charge is 0.155 e. The molecule has 0 saturated heterocycles. The average Bonchev–Trinajstić information content (AvgIpc) is 2.92. The van der Waals surface area contributed by atoms with E-state index < -0.39 is 0 Å². The highest BCUT2D eigenvalue weighted by Crippen LogP contribution is 2.69. The van der Waals surface area contributed by atoms with E-state index in [1.807, 2.05) is 6.08 Å². The Morgan fingerprint density at radius 3 is 2.62 bits per heavy atom. The molecule has 0 heterocycles. The highest BCUT2D eigenvalue weighted by molar-refractivity contribution is 5.14. The van der Waals surface area contributed by atoms with Gasteiger partial charge in [-0.3, -0.25) is 0 Å².